The molecule has 1 aliphatic rings. The highest BCUT2D eigenvalue weighted by molar-refractivity contribution is 7.10. The van der Waals surface area contributed by atoms with Crippen LogP contribution in [0.3, 0.4) is 0 Å². The highest BCUT2D eigenvalue weighted by Crippen LogP contribution is 2.42. The van der Waals surface area contributed by atoms with Gasteiger partial charge in [0.15, 0.2) is 18.1 Å². The van der Waals surface area contributed by atoms with E-state index in [1.807, 2.05) is 16.3 Å². The van der Waals surface area contributed by atoms with Crippen LogP contribution in [-0.2, 0) is 11.2 Å². The summed E-state index contributed by atoms with van der Waals surface area (Å²) >= 11 is 3.37. The number of hydrogen-bond acceptors (Lipinski definition) is 7. The van der Waals surface area contributed by atoms with Gasteiger partial charge in [-0.2, -0.15) is 0 Å². The van der Waals surface area contributed by atoms with E-state index in [1.54, 1.807) is 34.8 Å². The van der Waals surface area contributed by atoms with Gasteiger partial charge in [0, 0.05) is 21.9 Å². The summed E-state index contributed by atoms with van der Waals surface area (Å²) < 4.78 is 16.3. The molecule has 1 atom stereocenters. The van der Waals surface area contributed by atoms with Crippen LogP contribution in [0.5, 0.6) is 17.2 Å². The topological polar surface area (TPSA) is 91.1 Å². The smallest absolute Gasteiger partial charge is 0.255 e. The molecule has 0 saturated carbocycles. The Balaban J connectivity index is 1.72. The van der Waals surface area contributed by atoms with E-state index in [1.165, 1.54) is 24.7 Å². The first-order chi connectivity index (χ1) is 15.0. The molecule has 2 aromatic heterocycles. The number of primary amides is 1. The zero-order valence-corrected chi connectivity index (χ0v) is 18.8. The van der Waals surface area contributed by atoms with Crippen molar-refractivity contribution in [3.8, 4) is 17.2 Å². The molecule has 7 nitrogen and oxygen atoms in total. The number of nitrogens with two attached hydrogens (primary N) is 1. The number of hydrogen-bond donors (Lipinski definition) is 1. The van der Waals surface area contributed by atoms with Crippen molar-refractivity contribution in [1.82, 2.24) is 4.90 Å². The van der Waals surface area contributed by atoms with Gasteiger partial charge in [-0.1, -0.05) is 6.07 Å². The largest absolute Gasteiger partial charge is 0.493 e. The molecule has 1 aromatic carbocycles. The summed E-state index contributed by atoms with van der Waals surface area (Å²) in [7, 11) is 2.93. The van der Waals surface area contributed by atoms with E-state index in [0.717, 1.165) is 11.3 Å². The molecule has 0 unspecified atom stereocenters. The predicted octanol–water partition coefficient (Wildman–Crippen LogP) is 3.48. The number of methoxy groups -OCH3 is 2. The van der Waals surface area contributed by atoms with Crippen LogP contribution in [0.15, 0.2) is 41.1 Å². The van der Waals surface area contributed by atoms with Crippen molar-refractivity contribution in [1.29, 1.82) is 0 Å². The quantitative estimate of drug-likeness (QED) is 0.585. The molecule has 3 heterocycles. The second kappa shape index (κ2) is 8.99. The van der Waals surface area contributed by atoms with Gasteiger partial charge in [0.05, 0.1) is 20.3 Å². The van der Waals surface area contributed by atoms with E-state index in [4.69, 9.17) is 19.9 Å². The monoisotopic (exact) mass is 458 g/mol. The minimum atomic E-state index is -0.622. The number of ether oxygens (including phenoxy) is 3. The molecule has 0 aliphatic carbocycles. The Morgan fingerprint density at radius 2 is 1.87 bits per heavy atom. The fourth-order valence-corrected chi connectivity index (χ4v) is 5.50. The van der Waals surface area contributed by atoms with Crippen LogP contribution >= 0.6 is 22.7 Å². The van der Waals surface area contributed by atoms with Crippen molar-refractivity contribution in [3.63, 3.8) is 0 Å². The van der Waals surface area contributed by atoms with E-state index in [-0.39, 0.29) is 24.3 Å². The van der Waals surface area contributed by atoms with Crippen molar-refractivity contribution in [2.24, 2.45) is 5.73 Å². The van der Waals surface area contributed by atoms with Crippen LogP contribution in [0.2, 0.25) is 0 Å². The maximum absolute atomic E-state index is 13.7. The second-order valence-electron chi connectivity index (χ2n) is 6.93. The van der Waals surface area contributed by atoms with Gasteiger partial charge >= 0.3 is 0 Å². The molecule has 2 amide bonds. The van der Waals surface area contributed by atoms with Gasteiger partial charge in [-0.25, -0.2) is 0 Å². The molecule has 3 aromatic rings. The molecule has 9 heteroatoms. The van der Waals surface area contributed by atoms with Crippen LogP contribution in [-0.4, -0.2) is 44.1 Å². The first kappa shape index (κ1) is 21.2. The average molecular weight is 459 g/mol. The van der Waals surface area contributed by atoms with E-state index in [0.29, 0.717) is 23.6 Å². The van der Waals surface area contributed by atoms with Crippen molar-refractivity contribution < 1.29 is 23.8 Å². The lowest BCUT2D eigenvalue weighted by Gasteiger charge is -2.35. The van der Waals surface area contributed by atoms with Crippen LogP contribution < -0.4 is 19.9 Å². The molecular weight excluding hydrogens is 436 g/mol. The molecule has 31 heavy (non-hydrogen) atoms. The summed E-state index contributed by atoms with van der Waals surface area (Å²) in [5.74, 6) is 0.0693. The van der Waals surface area contributed by atoms with Gasteiger partial charge < -0.3 is 24.8 Å². The third-order valence-corrected chi connectivity index (χ3v) is 7.03. The van der Waals surface area contributed by atoms with Crippen LogP contribution in [0.1, 0.15) is 31.7 Å². The number of fused-ring (bicyclic) bond motifs is 1. The Bertz CT molecular complexity index is 1070. The zero-order valence-electron chi connectivity index (χ0n) is 17.1. The number of carbonyl (C=O) groups excluding carboxylic acids is 2. The zero-order chi connectivity index (χ0) is 22.0. The summed E-state index contributed by atoms with van der Waals surface area (Å²) in [5, 5.41) is 4.10. The van der Waals surface area contributed by atoms with Gasteiger partial charge in [-0.3, -0.25) is 9.59 Å². The number of rotatable bonds is 7. The fraction of sp³-hybridized carbons (Fsp3) is 0.273. The van der Waals surface area contributed by atoms with E-state index in [2.05, 4.69) is 17.5 Å². The lowest BCUT2D eigenvalue weighted by atomic mass is 9.97. The second-order valence-corrected chi connectivity index (χ2v) is 8.91. The normalized spacial score (nSPS) is 15.3. The Morgan fingerprint density at radius 1 is 1.13 bits per heavy atom. The van der Waals surface area contributed by atoms with Gasteiger partial charge in [-0.15, -0.1) is 22.7 Å². The number of amides is 2. The Hall–Kier alpha value is -3.04. The maximum Gasteiger partial charge on any atom is 0.255 e. The summed E-state index contributed by atoms with van der Waals surface area (Å²) in [5.41, 5.74) is 6.78. The van der Waals surface area contributed by atoms with Crippen molar-refractivity contribution in [2.75, 3.05) is 27.4 Å². The molecule has 4 rings (SSSR count). The number of carbonyl (C=O) groups is 2. The lowest BCUT2D eigenvalue weighted by molar-refractivity contribution is -0.120. The minimum Gasteiger partial charge on any atom is -0.493 e. The predicted molar refractivity (Wildman–Crippen MR) is 119 cm³/mol. The summed E-state index contributed by atoms with van der Waals surface area (Å²) in [6.45, 7) is 0.285. The third kappa shape index (κ3) is 4.11. The van der Waals surface area contributed by atoms with Gasteiger partial charge in [0.1, 0.15) is 0 Å². The van der Waals surface area contributed by atoms with Gasteiger partial charge in [0.2, 0.25) is 5.75 Å². The number of benzene rings is 1. The molecule has 0 spiro atoms. The lowest BCUT2D eigenvalue weighted by Crippen LogP contribution is -2.39. The van der Waals surface area contributed by atoms with Crippen molar-refractivity contribution in [2.45, 2.75) is 12.5 Å². The standard InChI is InChI=1S/C22H22N2O5S2/c1-27-15-10-13(11-16(28-2)21(15)29-12-19(23)25)22(26)24-7-5-17-14(6-9-31-17)20(24)18-4-3-8-30-18/h3-4,6,8-11,20H,5,7,12H2,1-2H3,(H2,23,25)/t20-/m0/s1. The first-order valence-electron chi connectivity index (χ1n) is 9.61. The van der Waals surface area contributed by atoms with E-state index >= 15 is 0 Å². The van der Waals surface area contributed by atoms with Gasteiger partial charge in [-0.05, 0) is 47.0 Å². The third-order valence-electron chi connectivity index (χ3n) is 5.11. The number of thiophene rings is 2. The van der Waals surface area contributed by atoms with Gasteiger partial charge in [0.25, 0.3) is 11.8 Å². The fourth-order valence-electron chi connectivity index (χ4n) is 3.74. The Labute approximate surface area is 188 Å². The molecule has 162 valence electrons. The highest BCUT2D eigenvalue weighted by Gasteiger charge is 2.34. The molecule has 0 fully saturated rings. The summed E-state index contributed by atoms with van der Waals surface area (Å²) in [4.78, 5) is 29.1. The maximum atomic E-state index is 13.7. The van der Waals surface area contributed by atoms with Crippen molar-refractivity contribution >= 4 is 34.5 Å². The Kier molecular flexibility index (Phi) is 6.15. The van der Waals surface area contributed by atoms with Crippen LogP contribution in [0, 0.1) is 0 Å². The molecule has 2 N–H and O–H groups in total. The summed E-state index contributed by atoms with van der Waals surface area (Å²) in [6, 6.07) is 9.24. The van der Waals surface area contributed by atoms with Crippen LogP contribution in [0.25, 0.3) is 0 Å². The molecule has 0 bridgehead atoms. The Morgan fingerprint density at radius 3 is 2.48 bits per heavy atom. The van der Waals surface area contributed by atoms with E-state index < -0.39 is 5.91 Å². The minimum absolute atomic E-state index is 0.131. The van der Waals surface area contributed by atoms with Crippen LogP contribution in [0.4, 0.5) is 0 Å². The molecular formula is C22H22N2O5S2. The molecule has 1 aliphatic heterocycles. The van der Waals surface area contributed by atoms with E-state index in [9.17, 15) is 9.59 Å². The molecule has 0 radical (unpaired) electrons. The van der Waals surface area contributed by atoms with Crippen molar-refractivity contribution in [3.05, 3.63) is 62.0 Å². The molecule has 0 saturated heterocycles. The first-order valence-corrected chi connectivity index (χ1v) is 11.4. The SMILES string of the molecule is COc1cc(C(=O)N2CCc3sccc3[C@H]2c2cccs2)cc(OC)c1OCC(N)=O. The summed E-state index contributed by atoms with van der Waals surface area (Å²) in [6.07, 6.45) is 0.814. The average Bonchev–Trinajstić information content (AvgIpc) is 3.47. The number of nitrogens with zero attached hydrogens (tertiary/aromatic N) is 1. The highest BCUT2D eigenvalue weighted by atomic mass is 32.1.